The lowest BCUT2D eigenvalue weighted by Crippen LogP contribution is -2.34. The van der Waals surface area contributed by atoms with Crippen LogP contribution in [0.3, 0.4) is 0 Å². The van der Waals surface area contributed by atoms with Crippen molar-refractivity contribution < 1.29 is 9.53 Å². The topological polar surface area (TPSA) is 55.3 Å². The number of fused-ring (bicyclic) bond motifs is 1. The lowest BCUT2D eigenvalue weighted by molar-refractivity contribution is -0.122. The Bertz CT molecular complexity index is 850. The molecule has 0 atom stereocenters. The minimum Gasteiger partial charge on any atom is -0.375 e. The maximum Gasteiger partial charge on any atom is 0.253 e. The Morgan fingerprint density at radius 1 is 1.00 bits per heavy atom. The summed E-state index contributed by atoms with van der Waals surface area (Å²) in [5.74, 6) is -0.113. The zero-order chi connectivity index (χ0) is 16.9. The molecule has 0 aliphatic carbocycles. The molecule has 0 saturated heterocycles. The van der Waals surface area contributed by atoms with Crippen molar-refractivity contribution in [3.63, 3.8) is 0 Å². The fourth-order valence-corrected chi connectivity index (χ4v) is 2.56. The van der Waals surface area contributed by atoms with Crippen LogP contribution in [0.5, 0.6) is 0 Å². The van der Waals surface area contributed by atoms with Gasteiger partial charge in [0.15, 0.2) is 0 Å². The summed E-state index contributed by atoms with van der Waals surface area (Å²) in [4.78, 5) is 23.4. The molecule has 5 heteroatoms. The molecule has 1 aromatic heterocycles. The fraction of sp³-hybridized carbons (Fsp3) is 0.211. The maximum absolute atomic E-state index is 12.5. The van der Waals surface area contributed by atoms with Crippen LogP contribution in [-0.2, 0) is 16.1 Å². The van der Waals surface area contributed by atoms with Crippen LogP contribution in [0.4, 0.5) is 5.69 Å². The highest BCUT2D eigenvalue weighted by atomic mass is 16.5. The number of carbonyl (C=O) groups is 1. The largest absolute Gasteiger partial charge is 0.375 e. The van der Waals surface area contributed by atoms with Crippen LogP contribution in [0.15, 0.2) is 54.6 Å². The molecule has 3 aromatic rings. The van der Waals surface area contributed by atoms with Crippen LogP contribution in [0.1, 0.15) is 11.4 Å². The number of hydrogen-bond acceptors (Lipinski definition) is 4. The van der Waals surface area contributed by atoms with Gasteiger partial charge in [0.05, 0.1) is 29.0 Å². The lowest BCUT2D eigenvalue weighted by atomic mass is 10.2. The SMILES string of the molecule is COCC(=O)N(Cc1nc2ccccc2nc1C)c1ccccc1. The molecule has 24 heavy (non-hydrogen) atoms. The number of aromatic nitrogens is 2. The molecule has 0 bridgehead atoms. The van der Waals surface area contributed by atoms with Crippen molar-refractivity contribution in [2.24, 2.45) is 0 Å². The summed E-state index contributed by atoms with van der Waals surface area (Å²) < 4.78 is 5.02. The number of carbonyl (C=O) groups excluding carboxylic acids is 1. The van der Waals surface area contributed by atoms with Gasteiger partial charge in [-0.05, 0) is 31.2 Å². The predicted molar refractivity (Wildman–Crippen MR) is 93.8 cm³/mol. The van der Waals surface area contributed by atoms with E-state index in [1.165, 1.54) is 7.11 Å². The molecule has 0 unspecified atom stereocenters. The number of benzene rings is 2. The fourth-order valence-electron chi connectivity index (χ4n) is 2.56. The zero-order valence-corrected chi connectivity index (χ0v) is 13.8. The van der Waals surface area contributed by atoms with E-state index in [0.29, 0.717) is 6.54 Å². The predicted octanol–water partition coefficient (Wildman–Crippen LogP) is 3.12. The summed E-state index contributed by atoms with van der Waals surface area (Å²) in [7, 11) is 1.52. The molecule has 0 N–H and O–H groups in total. The molecule has 3 rings (SSSR count). The summed E-state index contributed by atoms with van der Waals surface area (Å²) >= 11 is 0. The van der Waals surface area contributed by atoms with E-state index in [-0.39, 0.29) is 12.5 Å². The molecule has 0 saturated carbocycles. The van der Waals surface area contributed by atoms with E-state index in [9.17, 15) is 4.79 Å². The standard InChI is InChI=1S/C19H19N3O2/c1-14-18(21-17-11-7-6-10-16(17)20-14)12-22(19(23)13-24-2)15-8-4-3-5-9-15/h3-11H,12-13H2,1-2H3. The summed E-state index contributed by atoms with van der Waals surface area (Å²) in [5.41, 5.74) is 4.09. The van der Waals surface area contributed by atoms with Gasteiger partial charge in [-0.15, -0.1) is 0 Å². The molecule has 0 aliphatic heterocycles. The zero-order valence-electron chi connectivity index (χ0n) is 13.8. The van der Waals surface area contributed by atoms with Crippen LogP contribution in [-0.4, -0.2) is 29.6 Å². The van der Waals surface area contributed by atoms with Crippen LogP contribution in [0.25, 0.3) is 11.0 Å². The summed E-state index contributed by atoms with van der Waals surface area (Å²) in [6, 6.07) is 17.3. The molecule has 2 aromatic carbocycles. The first-order chi connectivity index (χ1) is 11.7. The van der Waals surface area contributed by atoms with E-state index < -0.39 is 0 Å². The highest BCUT2D eigenvalue weighted by Crippen LogP contribution is 2.19. The van der Waals surface area contributed by atoms with Gasteiger partial charge in [0.2, 0.25) is 0 Å². The molecular formula is C19H19N3O2. The monoisotopic (exact) mass is 321 g/mol. The van der Waals surface area contributed by atoms with Crippen LogP contribution in [0, 0.1) is 6.92 Å². The second kappa shape index (κ2) is 7.19. The van der Waals surface area contributed by atoms with Crippen molar-refractivity contribution in [3.8, 4) is 0 Å². The van der Waals surface area contributed by atoms with E-state index in [2.05, 4.69) is 9.97 Å². The molecule has 0 fully saturated rings. The Labute approximate surface area is 140 Å². The molecule has 0 aliphatic rings. The highest BCUT2D eigenvalue weighted by molar-refractivity contribution is 5.94. The van der Waals surface area contributed by atoms with Crippen molar-refractivity contribution in [1.29, 1.82) is 0 Å². The summed E-state index contributed by atoms with van der Waals surface area (Å²) in [5, 5.41) is 0. The number of methoxy groups -OCH3 is 1. The average Bonchev–Trinajstić information content (AvgIpc) is 2.60. The Kier molecular flexibility index (Phi) is 4.82. The second-order valence-corrected chi connectivity index (χ2v) is 5.49. The third-order valence-corrected chi connectivity index (χ3v) is 3.79. The van der Waals surface area contributed by atoms with Crippen molar-refractivity contribution >= 4 is 22.6 Å². The van der Waals surface area contributed by atoms with Gasteiger partial charge in [0.1, 0.15) is 6.61 Å². The van der Waals surface area contributed by atoms with Crippen LogP contribution >= 0.6 is 0 Å². The number of amides is 1. The first kappa shape index (κ1) is 16.1. The first-order valence-electron chi connectivity index (χ1n) is 7.75. The van der Waals surface area contributed by atoms with E-state index in [0.717, 1.165) is 28.1 Å². The lowest BCUT2D eigenvalue weighted by Gasteiger charge is -2.23. The molecular weight excluding hydrogens is 302 g/mol. The second-order valence-electron chi connectivity index (χ2n) is 5.49. The van der Waals surface area contributed by atoms with Gasteiger partial charge in [-0.2, -0.15) is 0 Å². The average molecular weight is 321 g/mol. The van der Waals surface area contributed by atoms with Crippen molar-refractivity contribution in [1.82, 2.24) is 9.97 Å². The van der Waals surface area contributed by atoms with Crippen molar-refractivity contribution in [3.05, 3.63) is 66.0 Å². The van der Waals surface area contributed by atoms with Gasteiger partial charge in [-0.3, -0.25) is 4.79 Å². The first-order valence-corrected chi connectivity index (χ1v) is 7.75. The van der Waals surface area contributed by atoms with Gasteiger partial charge in [-0.25, -0.2) is 9.97 Å². The van der Waals surface area contributed by atoms with Gasteiger partial charge in [0.25, 0.3) is 5.91 Å². The Balaban J connectivity index is 1.98. The summed E-state index contributed by atoms with van der Waals surface area (Å²) in [6.45, 7) is 2.30. The smallest absolute Gasteiger partial charge is 0.253 e. The number of ether oxygens (including phenoxy) is 1. The third-order valence-electron chi connectivity index (χ3n) is 3.79. The number of aryl methyl sites for hydroxylation is 1. The summed E-state index contributed by atoms with van der Waals surface area (Å²) in [6.07, 6.45) is 0. The number of para-hydroxylation sites is 3. The number of nitrogens with zero attached hydrogens (tertiary/aromatic N) is 3. The van der Waals surface area contributed by atoms with E-state index in [1.54, 1.807) is 4.90 Å². The van der Waals surface area contributed by atoms with E-state index in [4.69, 9.17) is 4.74 Å². The van der Waals surface area contributed by atoms with Crippen LogP contribution in [0.2, 0.25) is 0 Å². The third kappa shape index (κ3) is 3.41. The Morgan fingerprint density at radius 2 is 1.62 bits per heavy atom. The molecule has 0 radical (unpaired) electrons. The van der Waals surface area contributed by atoms with Gasteiger partial charge < -0.3 is 9.64 Å². The van der Waals surface area contributed by atoms with Gasteiger partial charge >= 0.3 is 0 Å². The number of anilines is 1. The Hall–Kier alpha value is -2.79. The minimum absolute atomic E-state index is 0.0228. The van der Waals surface area contributed by atoms with E-state index >= 15 is 0 Å². The quantitative estimate of drug-likeness (QED) is 0.724. The molecule has 1 heterocycles. The van der Waals surface area contributed by atoms with Crippen molar-refractivity contribution in [2.75, 3.05) is 18.6 Å². The van der Waals surface area contributed by atoms with Crippen molar-refractivity contribution in [2.45, 2.75) is 13.5 Å². The highest BCUT2D eigenvalue weighted by Gasteiger charge is 2.18. The van der Waals surface area contributed by atoms with Crippen LogP contribution < -0.4 is 4.90 Å². The number of hydrogen-bond donors (Lipinski definition) is 0. The molecule has 122 valence electrons. The van der Waals surface area contributed by atoms with E-state index in [1.807, 2.05) is 61.5 Å². The molecule has 1 amide bonds. The maximum atomic E-state index is 12.5. The molecule has 0 spiro atoms. The van der Waals surface area contributed by atoms with Gasteiger partial charge in [0, 0.05) is 12.8 Å². The Morgan fingerprint density at radius 3 is 2.29 bits per heavy atom. The normalized spacial score (nSPS) is 10.8. The van der Waals surface area contributed by atoms with Gasteiger partial charge in [-0.1, -0.05) is 30.3 Å². The minimum atomic E-state index is -0.113. The number of rotatable bonds is 5. The molecule has 5 nitrogen and oxygen atoms in total.